The average Bonchev–Trinajstić information content (AvgIpc) is 3.16. The molecule has 0 radical (unpaired) electrons. The second-order valence-electron chi connectivity index (χ2n) is 7.90. The van der Waals surface area contributed by atoms with Gasteiger partial charge in [-0.1, -0.05) is 6.42 Å². The van der Waals surface area contributed by atoms with Crippen LogP contribution in [0, 0.1) is 5.41 Å². The molecular formula is C21H35IN4O2. The van der Waals surface area contributed by atoms with E-state index in [9.17, 15) is 0 Å². The van der Waals surface area contributed by atoms with Gasteiger partial charge in [0.2, 0.25) is 5.88 Å². The number of hydrogen-bond acceptors (Lipinski definition) is 4. The number of halogens is 1. The molecule has 2 aliphatic carbocycles. The zero-order valence-electron chi connectivity index (χ0n) is 17.2. The number of hydrogen-bond donors (Lipinski definition) is 2. The van der Waals surface area contributed by atoms with E-state index in [1.54, 1.807) is 7.11 Å². The van der Waals surface area contributed by atoms with Gasteiger partial charge in [0, 0.05) is 46.1 Å². The van der Waals surface area contributed by atoms with Crippen molar-refractivity contribution in [2.45, 2.75) is 64.0 Å². The number of nitrogens with one attached hydrogen (secondary N) is 2. The maximum absolute atomic E-state index is 6.00. The topological polar surface area (TPSA) is 67.8 Å². The second-order valence-corrected chi connectivity index (χ2v) is 7.90. The Labute approximate surface area is 186 Å². The highest BCUT2D eigenvalue weighted by Gasteiger charge is 2.36. The Morgan fingerprint density at radius 3 is 2.68 bits per heavy atom. The third kappa shape index (κ3) is 6.76. The third-order valence-electron chi connectivity index (χ3n) is 5.95. The van der Waals surface area contributed by atoms with Crippen LogP contribution < -0.4 is 15.4 Å². The first kappa shape index (κ1) is 23.2. The molecule has 6 nitrogen and oxygen atoms in total. The summed E-state index contributed by atoms with van der Waals surface area (Å²) in [6.45, 7) is 2.48. The van der Waals surface area contributed by atoms with Crippen molar-refractivity contribution in [2.75, 3.05) is 27.3 Å². The summed E-state index contributed by atoms with van der Waals surface area (Å²) in [7, 11) is 3.60. The quantitative estimate of drug-likeness (QED) is 0.305. The van der Waals surface area contributed by atoms with Crippen LogP contribution in [0.3, 0.4) is 0 Å². The second kappa shape index (κ2) is 11.8. The molecule has 1 aromatic rings. The molecule has 0 aliphatic heterocycles. The Balaban J connectivity index is 0.00000280. The first-order chi connectivity index (χ1) is 13.2. The highest BCUT2D eigenvalue weighted by molar-refractivity contribution is 14.0. The molecule has 0 aromatic carbocycles. The van der Waals surface area contributed by atoms with Crippen LogP contribution in [-0.2, 0) is 11.3 Å². The van der Waals surface area contributed by atoms with E-state index in [0.29, 0.717) is 18.1 Å². The van der Waals surface area contributed by atoms with Gasteiger partial charge in [0.1, 0.15) is 6.10 Å². The van der Waals surface area contributed by atoms with Crippen molar-refractivity contribution < 1.29 is 9.47 Å². The van der Waals surface area contributed by atoms with Gasteiger partial charge in [-0.3, -0.25) is 4.99 Å². The van der Waals surface area contributed by atoms with Crippen molar-refractivity contribution in [3.05, 3.63) is 23.9 Å². The van der Waals surface area contributed by atoms with E-state index in [4.69, 9.17) is 9.47 Å². The average molecular weight is 502 g/mol. The molecule has 7 heteroatoms. The molecule has 158 valence electrons. The number of ether oxygens (including phenoxy) is 2. The first-order valence-corrected chi connectivity index (χ1v) is 10.3. The van der Waals surface area contributed by atoms with Crippen molar-refractivity contribution in [3.8, 4) is 5.88 Å². The highest BCUT2D eigenvalue weighted by atomic mass is 127. The summed E-state index contributed by atoms with van der Waals surface area (Å²) in [6, 6.07) is 4.05. The largest absolute Gasteiger partial charge is 0.474 e. The van der Waals surface area contributed by atoms with Crippen LogP contribution in [0.2, 0.25) is 0 Å². The molecule has 0 saturated heterocycles. The maximum atomic E-state index is 6.00. The molecule has 0 unspecified atom stereocenters. The Bertz CT molecular complexity index is 616. The van der Waals surface area contributed by atoms with E-state index < -0.39 is 0 Å². The van der Waals surface area contributed by atoms with Gasteiger partial charge in [-0.25, -0.2) is 4.98 Å². The molecule has 3 rings (SSSR count). The van der Waals surface area contributed by atoms with Crippen LogP contribution in [0.15, 0.2) is 23.3 Å². The van der Waals surface area contributed by atoms with Crippen molar-refractivity contribution in [3.63, 3.8) is 0 Å². The smallest absolute Gasteiger partial charge is 0.213 e. The molecule has 0 spiro atoms. The minimum atomic E-state index is 0. The van der Waals surface area contributed by atoms with Crippen molar-refractivity contribution >= 4 is 29.9 Å². The molecule has 2 saturated carbocycles. The summed E-state index contributed by atoms with van der Waals surface area (Å²) >= 11 is 0. The number of guanidine groups is 1. The van der Waals surface area contributed by atoms with Crippen molar-refractivity contribution in [1.82, 2.24) is 15.6 Å². The zero-order chi connectivity index (χ0) is 19.0. The summed E-state index contributed by atoms with van der Waals surface area (Å²) in [5, 5.41) is 6.91. The summed E-state index contributed by atoms with van der Waals surface area (Å²) in [4.78, 5) is 8.73. The van der Waals surface area contributed by atoms with E-state index in [1.165, 1.54) is 32.1 Å². The number of aromatic nitrogens is 1. The number of pyridine rings is 1. The van der Waals surface area contributed by atoms with Crippen LogP contribution in [0.4, 0.5) is 0 Å². The normalized spacial score (nSPS) is 18.9. The standard InChI is InChI=1S/C21H34N4O2.HI/c1-22-20(25-16-21(9-5-10-21)11-13-26-2)24-15-17-8-12-23-19(14-17)27-18-6-3-4-7-18;/h8,12,14,18H,3-7,9-11,13,15-16H2,1-2H3,(H2,22,24,25);1H. The predicted molar refractivity (Wildman–Crippen MR) is 124 cm³/mol. The van der Waals surface area contributed by atoms with Crippen molar-refractivity contribution in [2.24, 2.45) is 10.4 Å². The molecule has 2 N–H and O–H groups in total. The van der Waals surface area contributed by atoms with Crippen LogP contribution in [0.5, 0.6) is 5.88 Å². The molecular weight excluding hydrogens is 467 g/mol. The molecule has 0 amide bonds. The van der Waals surface area contributed by atoms with Gasteiger partial charge >= 0.3 is 0 Å². The first-order valence-electron chi connectivity index (χ1n) is 10.3. The van der Waals surface area contributed by atoms with Crippen molar-refractivity contribution in [1.29, 1.82) is 0 Å². The van der Waals surface area contributed by atoms with Crippen LogP contribution in [-0.4, -0.2) is 44.4 Å². The molecule has 0 atom stereocenters. The SMILES string of the molecule is CN=C(NCc1ccnc(OC2CCCC2)c1)NCC1(CCOC)CCC1.I. The lowest BCUT2D eigenvalue weighted by atomic mass is 9.67. The fourth-order valence-corrected chi connectivity index (χ4v) is 3.99. The van der Waals surface area contributed by atoms with E-state index in [-0.39, 0.29) is 24.0 Å². The van der Waals surface area contributed by atoms with E-state index in [1.807, 2.05) is 25.4 Å². The summed E-state index contributed by atoms with van der Waals surface area (Å²) in [5.41, 5.74) is 1.52. The lowest BCUT2D eigenvalue weighted by Crippen LogP contribution is -2.46. The van der Waals surface area contributed by atoms with Gasteiger partial charge in [0.05, 0.1) is 0 Å². The molecule has 0 bridgehead atoms. The highest BCUT2D eigenvalue weighted by Crippen LogP contribution is 2.43. The molecule has 1 heterocycles. The molecule has 1 aromatic heterocycles. The van der Waals surface area contributed by atoms with Crippen LogP contribution in [0.25, 0.3) is 0 Å². The fourth-order valence-electron chi connectivity index (χ4n) is 3.99. The summed E-state index contributed by atoms with van der Waals surface area (Å²) < 4.78 is 11.3. The molecule has 2 fully saturated rings. The number of rotatable bonds is 9. The number of nitrogens with zero attached hydrogens (tertiary/aromatic N) is 2. The Hall–Kier alpha value is -1.09. The zero-order valence-corrected chi connectivity index (χ0v) is 19.5. The monoisotopic (exact) mass is 502 g/mol. The summed E-state index contributed by atoms with van der Waals surface area (Å²) in [6.07, 6.45) is 11.9. The lowest BCUT2D eigenvalue weighted by Gasteiger charge is -2.42. The van der Waals surface area contributed by atoms with E-state index in [2.05, 4.69) is 20.6 Å². The van der Waals surface area contributed by atoms with E-state index in [0.717, 1.165) is 49.8 Å². The van der Waals surface area contributed by atoms with Gasteiger partial charge in [-0.2, -0.15) is 0 Å². The minimum Gasteiger partial charge on any atom is -0.474 e. The van der Waals surface area contributed by atoms with Gasteiger partial charge in [-0.15, -0.1) is 24.0 Å². The fraction of sp³-hybridized carbons (Fsp3) is 0.714. The molecule has 28 heavy (non-hydrogen) atoms. The third-order valence-corrected chi connectivity index (χ3v) is 5.95. The number of methoxy groups -OCH3 is 1. The Kier molecular flexibility index (Phi) is 9.77. The van der Waals surface area contributed by atoms with Gasteiger partial charge < -0.3 is 20.1 Å². The van der Waals surface area contributed by atoms with Crippen LogP contribution in [0.1, 0.15) is 56.9 Å². The molecule has 2 aliphatic rings. The van der Waals surface area contributed by atoms with Crippen LogP contribution >= 0.6 is 24.0 Å². The predicted octanol–water partition coefficient (Wildman–Crippen LogP) is 3.89. The Morgan fingerprint density at radius 2 is 2.04 bits per heavy atom. The maximum Gasteiger partial charge on any atom is 0.213 e. The Morgan fingerprint density at radius 1 is 1.25 bits per heavy atom. The van der Waals surface area contributed by atoms with Gasteiger partial charge in [0.15, 0.2) is 5.96 Å². The summed E-state index contributed by atoms with van der Waals surface area (Å²) in [5.74, 6) is 1.57. The lowest BCUT2D eigenvalue weighted by molar-refractivity contribution is 0.0732. The van der Waals surface area contributed by atoms with Gasteiger partial charge in [0.25, 0.3) is 0 Å². The van der Waals surface area contributed by atoms with Gasteiger partial charge in [-0.05, 0) is 62.0 Å². The number of aliphatic imine (C=N–C) groups is 1. The minimum absolute atomic E-state index is 0. The van der Waals surface area contributed by atoms with E-state index >= 15 is 0 Å².